The maximum Gasteiger partial charge on any atom is 0.167 e. The maximum atomic E-state index is 5.41. The topological polar surface area (TPSA) is 38.1 Å². The van der Waals surface area contributed by atoms with Crippen LogP contribution in [0, 0.1) is 0 Å². The Bertz CT molecular complexity index is 490. The molecule has 0 aromatic carbocycles. The van der Waals surface area contributed by atoms with E-state index in [1.807, 2.05) is 18.2 Å². The van der Waals surface area contributed by atoms with E-state index in [2.05, 4.69) is 23.1 Å². The number of rotatable bonds is 2. The average Bonchev–Trinajstić information content (AvgIpc) is 2.98. The van der Waals surface area contributed by atoms with Crippen LogP contribution in [0.2, 0.25) is 0 Å². The van der Waals surface area contributed by atoms with E-state index in [4.69, 9.17) is 4.52 Å². The van der Waals surface area contributed by atoms with Gasteiger partial charge in [-0.25, -0.2) is 0 Å². The number of piperidine rings is 1. The lowest BCUT2D eigenvalue weighted by Gasteiger charge is -2.20. The summed E-state index contributed by atoms with van der Waals surface area (Å²) >= 11 is 0. The molecule has 1 saturated heterocycles. The third-order valence-corrected chi connectivity index (χ3v) is 3.35. The van der Waals surface area contributed by atoms with Gasteiger partial charge in [-0.1, -0.05) is 23.9 Å². The van der Waals surface area contributed by atoms with Gasteiger partial charge in [-0.15, -0.1) is 0 Å². The van der Waals surface area contributed by atoms with Crippen LogP contribution in [-0.4, -0.2) is 18.2 Å². The Labute approximate surface area is 101 Å². The van der Waals surface area contributed by atoms with Gasteiger partial charge in [0, 0.05) is 24.1 Å². The molecular formula is C14H16N2O. The Morgan fingerprint density at radius 1 is 1.41 bits per heavy atom. The molecule has 2 heterocycles. The van der Waals surface area contributed by atoms with Gasteiger partial charge in [0.1, 0.15) is 0 Å². The van der Waals surface area contributed by atoms with Gasteiger partial charge < -0.3 is 9.84 Å². The van der Waals surface area contributed by atoms with Crippen molar-refractivity contribution in [3.63, 3.8) is 0 Å². The van der Waals surface area contributed by atoms with Crippen LogP contribution in [0.25, 0.3) is 5.57 Å². The standard InChI is InChI=1S/C14H16N2O/c1-10-4-5-11(7-10)14-8-13(16-17-14)12-3-2-6-15-9-12/h4-5,7-8,12,15H,1-3,6,9H2. The van der Waals surface area contributed by atoms with Crippen LogP contribution < -0.4 is 5.32 Å². The molecule has 1 aromatic rings. The average molecular weight is 228 g/mol. The number of nitrogens with one attached hydrogen (secondary N) is 1. The van der Waals surface area contributed by atoms with Crippen molar-refractivity contribution < 1.29 is 4.52 Å². The predicted octanol–water partition coefficient (Wildman–Crippen LogP) is 2.65. The molecule has 1 aromatic heterocycles. The van der Waals surface area contributed by atoms with Crippen molar-refractivity contribution in [1.29, 1.82) is 0 Å². The van der Waals surface area contributed by atoms with E-state index in [9.17, 15) is 0 Å². The van der Waals surface area contributed by atoms with Crippen molar-refractivity contribution >= 4 is 5.57 Å². The number of aromatic nitrogens is 1. The van der Waals surface area contributed by atoms with Crippen molar-refractivity contribution in [2.45, 2.75) is 18.8 Å². The minimum Gasteiger partial charge on any atom is -0.356 e. The fourth-order valence-electron chi connectivity index (χ4n) is 2.37. The van der Waals surface area contributed by atoms with Gasteiger partial charge in [0.2, 0.25) is 0 Å². The first-order chi connectivity index (χ1) is 8.33. The highest BCUT2D eigenvalue weighted by molar-refractivity contribution is 5.78. The second kappa shape index (κ2) is 4.34. The molecule has 3 rings (SSSR count). The second-order valence-electron chi connectivity index (χ2n) is 4.67. The zero-order valence-electron chi connectivity index (χ0n) is 9.78. The summed E-state index contributed by atoms with van der Waals surface area (Å²) in [5.41, 5.74) is 3.15. The van der Waals surface area contributed by atoms with E-state index in [1.165, 1.54) is 12.8 Å². The Morgan fingerprint density at radius 2 is 2.35 bits per heavy atom. The SMILES string of the molecule is C=C1C=CC(c2cc(C3CCCNC3)no2)=C1. The molecule has 0 spiro atoms. The van der Waals surface area contributed by atoms with Crippen LogP contribution >= 0.6 is 0 Å². The highest BCUT2D eigenvalue weighted by Gasteiger charge is 2.20. The monoisotopic (exact) mass is 228 g/mol. The molecule has 88 valence electrons. The van der Waals surface area contributed by atoms with Crippen molar-refractivity contribution in [3.05, 3.63) is 47.9 Å². The molecule has 17 heavy (non-hydrogen) atoms. The van der Waals surface area contributed by atoms with Gasteiger partial charge in [-0.3, -0.25) is 0 Å². The van der Waals surface area contributed by atoms with E-state index in [-0.39, 0.29) is 0 Å². The van der Waals surface area contributed by atoms with Crippen molar-refractivity contribution in [1.82, 2.24) is 10.5 Å². The molecule has 0 amide bonds. The lowest BCUT2D eigenvalue weighted by Crippen LogP contribution is -2.28. The van der Waals surface area contributed by atoms with Crippen molar-refractivity contribution in [3.8, 4) is 0 Å². The van der Waals surface area contributed by atoms with Gasteiger partial charge in [0.25, 0.3) is 0 Å². The maximum absolute atomic E-state index is 5.41. The molecule has 3 heteroatoms. The summed E-state index contributed by atoms with van der Waals surface area (Å²) in [6.45, 7) is 6.02. The number of nitrogens with zero attached hydrogens (tertiary/aromatic N) is 1. The minimum absolute atomic E-state index is 0.496. The third kappa shape index (κ3) is 2.11. The Hall–Kier alpha value is -1.61. The smallest absolute Gasteiger partial charge is 0.167 e. The Balaban J connectivity index is 1.80. The van der Waals surface area contributed by atoms with Crippen LogP contribution in [0.15, 0.2) is 41.0 Å². The molecule has 0 bridgehead atoms. The van der Waals surface area contributed by atoms with Gasteiger partial charge >= 0.3 is 0 Å². The van der Waals surface area contributed by atoms with Crippen LogP contribution in [0.4, 0.5) is 0 Å². The summed E-state index contributed by atoms with van der Waals surface area (Å²) in [5.74, 6) is 1.34. The van der Waals surface area contributed by atoms with Crippen molar-refractivity contribution in [2.75, 3.05) is 13.1 Å². The van der Waals surface area contributed by atoms with E-state index in [1.54, 1.807) is 0 Å². The number of hydrogen-bond acceptors (Lipinski definition) is 3. The van der Waals surface area contributed by atoms with Gasteiger partial charge in [0.15, 0.2) is 5.76 Å². The second-order valence-corrected chi connectivity index (χ2v) is 4.67. The highest BCUT2D eigenvalue weighted by Crippen LogP contribution is 2.28. The largest absolute Gasteiger partial charge is 0.356 e. The zero-order valence-corrected chi connectivity index (χ0v) is 9.78. The predicted molar refractivity (Wildman–Crippen MR) is 67.6 cm³/mol. The van der Waals surface area contributed by atoms with Crippen LogP contribution in [-0.2, 0) is 0 Å². The zero-order chi connectivity index (χ0) is 11.7. The lowest BCUT2D eigenvalue weighted by molar-refractivity contribution is 0.381. The molecule has 3 nitrogen and oxygen atoms in total. The molecule has 1 fully saturated rings. The fraction of sp³-hybridized carbons (Fsp3) is 0.357. The first-order valence-electron chi connectivity index (χ1n) is 6.09. The molecule has 1 aliphatic heterocycles. The van der Waals surface area contributed by atoms with E-state index in [0.29, 0.717) is 5.92 Å². The van der Waals surface area contributed by atoms with E-state index in [0.717, 1.165) is 35.7 Å². The molecular weight excluding hydrogens is 212 g/mol. The molecule has 1 atom stereocenters. The fourth-order valence-corrected chi connectivity index (χ4v) is 2.37. The van der Waals surface area contributed by atoms with Crippen LogP contribution in [0.1, 0.15) is 30.2 Å². The first kappa shape index (κ1) is 10.5. The van der Waals surface area contributed by atoms with Crippen LogP contribution in [0.3, 0.4) is 0 Å². The summed E-state index contributed by atoms with van der Waals surface area (Å²) in [6, 6.07) is 2.06. The number of allylic oxidation sites excluding steroid dienone is 5. The first-order valence-corrected chi connectivity index (χ1v) is 6.09. The van der Waals surface area contributed by atoms with Gasteiger partial charge in [0.05, 0.1) is 5.69 Å². The summed E-state index contributed by atoms with van der Waals surface area (Å²) < 4.78 is 5.41. The van der Waals surface area contributed by atoms with Crippen molar-refractivity contribution in [2.24, 2.45) is 0 Å². The highest BCUT2D eigenvalue weighted by atomic mass is 16.5. The Morgan fingerprint density at radius 3 is 3.06 bits per heavy atom. The molecule has 1 N–H and O–H groups in total. The normalized spacial score (nSPS) is 24.1. The summed E-state index contributed by atoms with van der Waals surface area (Å²) in [6.07, 6.45) is 8.43. The van der Waals surface area contributed by atoms with Gasteiger partial charge in [-0.05, 0) is 31.0 Å². The van der Waals surface area contributed by atoms with Crippen LogP contribution in [0.5, 0.6) is 0 Å². The molecule has 2 aliphatic rings. The van der Waals surface area contributed by atoms with E-state index >= 15 is 0 Å². The molecule has 0 radical (unpaired) electrons. The Kier molecular flexibility index (Phi) is 2.69. The lowest BCUT2D eigenvalue weighted by atomic mass is 9.96. The quantitative estimate of drug-likeness (QED) is 0.845. The molecule has 1 aliphatic carbocycles. The third-order valence-electron chi connectivity index (χ3n) is 3.35. The summed E-state index contributed by atoms with van der Waals surface area (Å²) in [7, 11) is 0. The summed E-state index contributed by atoms with van der Waals surface area (Å²) in [4.78, 5) is 0. The van der Waals surface area contributed by atoms with E-state index < -0.39 is 0 Å². The van der Waals surface area contributed by atoms with Gasteiger partial charge in [-0.2, -0.15) is 0 Å². The number of hydrogen-bond donors (Lipinski definition) is 1. The summed E-state index contributed by atoms with van der Waals surface area (Å²) in [5, 5.41) is 7.58. The molecule has 0 saturated carbocycles. The molecule has 1 unspecified atom stereocenters. The minimum atomic E-state index is 0.496.